The zero-order chi connectivity index (χ0) is 20.8. The van der Waals surface area contributed by atoms with E-state index in [0.717, 1.165) is 27.9 Å². The second-order valence-electron chi connectivity index (χ2n) is 7.24. The van der Waals surface area contributed by atoms with Gasteiger partial charge in [0.25, 0.3) is 0 Å². The molecule has 2 amide bonds. The quantitative estimate of drug-likeness (QED) is 0.676. The van der Waals surface area contributed by atoms with E-state index in [4.69, 9.17) is 0 Å². The summed E-state index contributed by atoms with van der Waals surface area (Å²) in [7, 11) is 1.67. The Balaban J connectivity index is 1.77. The van der Waals surface area contributed by atoms with Gasteiger partial charge < -0.3 is 10.2 Å². The van der Waals surface area contributed by atoms with Crippen molar-refractivity contribution in [1.82, 2.24) is 4.90 Å². The van der Waals surface area contributed by atoms with Crippen LogP contribution in [0.4, 0.5) is 5.69 Å². The molecule has 0 fully saturated rings. The molecule has 0 radical (unpaired) electrons. The summed E-state index contributed by atoms with van der Waals surface area (Å²) in [5, 5.41) is 2.92. The lowest BCUT2D eigenvalue weighted by Gasteiger charge is -2.24. The number of likely N-dealkylation sites (N-methyl/N-ethyl adjacent to an activating group) is 1. The topological polar surface area (TPSA) is 49.4 Å². The number of nitrogens with one attached hydrogen (secondary N) is 1. The van der Waals surface area contributed by atoms with Gasteiger partial charge in [-0.1, -0.05) is 72.8 Å². The fourth-order valence-corrected chi connectivity index (χ4v) is 3.36. The Morgan fingerprint density at radius 2 is 1.38 bits per heavy atom. The number of benzene rings is 3. The predicted octanol–water partition coefficient (Wildman–Crippen LogP) is 4.53. The fourth-order valence-electron chi connectivity index (χ4n) is 3.36. The highest BCUT2D eigenvalue weighted by molar-refractivity contribution is 5.96. The van der Waals surface area contributed by atoms with Crippen LogP contribution in [0.25, 0.3) is 0 Å². The van der Waals surface area contributed by atoms with Crippen LogP contribution in [0.1, 0.15) is 28.2 Å². The average molecular weight is 386 g/mol. The molecule has 0 spiro atoms. The molecule has 0 saturated heterocycles. The molecule has 148 valence electrons. The van der Waals surface area contributed by atoms with Crippen molar-refractivity contribution in [3.05, 3.63) is 101 Å². The second-order valence-corrected chi connectivity index (χ2v) is 7.24. The predicted molar refractivity (Wildman–Crippen MR) is 117 cm³/mol. The van der Waals surface area contributed by atoms with Crippen LogP contribution in [0.15, 0.2) is 78.9 Å². The van der Waals surface area contributed by atoms with Crippen LogP contribution in [0.5, 0.6) is 0 Å². The molecular weight excluding hydrogens is 360 g/mol. The summed E-state index contributed by atoms with van der Waals surface area (Å²) < 4.78 is 0. The molecule has 0 bridgehead atoms. The van der Waals surface area contributed by atoms with Crippen molar-refractivity contribution in [3.8, 4) is 0 Å². The molecule has 0 saturated carbocycles. The molecule has 4 heteroatoms. The van der Waals surface area contributed by atoms with Crippen molar-refractivity contribution in [3.63, 3.8) is 0 Å². The number of aryl methyl sites for hydroxylation is 1. The molecule has 0 unspecified atom stereocenters. The van der Waals surface area contributed by atoms with Crippen LogP contribution in [0.2, 0.25) is 0 Å². The summed E-state index contributed by atoms with van der Waals surface area (Å²) in [5.74, 6) is -0.774. The van der Waals surface area contributed by atoms with E-state index in [0.29, 0.717) is 0 Å². The van der Waals surface area contributed by atoms with Crippen LogP contribution in [-0.2, 0) is 9.59 Å². The van der Waals surface area contributed by atoms with Crippen molar-refractivity contribution in [2.45, 2.75) is 19.8 Å². The highest BCUT2D eigenvalue weighted by Gasteiger charge is 2.26. The van der Waals surface area contributed by atoms with Crippen molar-refractivity contribution < 1.29 is 9.59 Å². The normalized spacial score (nSPS) is 10.6. The minimum atomic E-state index is -0.448. The Labute approximate surface area is 172 Å². The van der Waals surface area contributed by atoms with E-state index < -0.39 is 5.92 Å². The van der Waals surface area contributed by atoms with E-state index in [1.54, 1.807) is 7.05 Å². The highest BCUT2D eigenvalue weighted by atomic mass is 16.2. The summed E-state index contributed by atoms with van der Waals surface area (Å²) in [5.41, 5.74) is 4.73. The summed E-state index contributed by atoms with van der Waals surface area (Å²) in [6.45, 7) is 3.97. The molecular formula is C25H26N2O2. The maximum atomic E-state index is 13.3. The lowest BCUT2D eigenvalue weighted by Crippen LogP contribution is -2.38. The van der Waals surface area contributed by atoms with Gasteiger partial charge in [0.2, 0.25) is 11.8 Å². The molecule has 0 aliphatic heterocycles. The second kappa shape index (κ2) is 9.20. The first-order valence-electron chi connectivity index (χ1n) is 9.68. The first-order chi connectivity index (χ1) is 14.0. The zero-order valence-corrected chi connectivity index (χ0v) is 17.1. The lowest BCUT2D eigenvalue weighted by molar-refractivity contribution is -0.133. The van der Waals surface area contributed by atoms with Crippen molar-refractivity contribution >= 4 is 17.5 Å². The zero-order valence-electron chi connectivity index (χ0n) is 17.1. The van der Waals surface area contributed by atoms with Crippen molar-refractivity contribution in [2.75, 3.05) is 18.9 Å². The van der Waals surface area contributed by atoms with E-state index in [-0.39, 0.29) is 18.4 Å². The molecule has 0 aromatic heterocycles. The first-order valence-corrected chi connectivity index (χ1v) is 9.68. The largest absolute Gasteiger partial charge is 0.336 e. The third kappa shape index (κ3) is 4.91. The molecule has 0 aliphatic rings. The third-order valence-corrected chi connectivity index (χ3v) is 5.15. The molecule has 3 rings (SSSR count). The van der Waals surface area contributed by atoms with Crippen LogP contribution >= 0.6 is 0 Å². The third-order valence-electron chi connectivity index (χ3n) is 5.15. The number of rotatable bonds is 6. The maximum Gasteiger partial charge on any atom is 0.243 e. The number of carbonyl (C=O) groups excluding carboxylic acids is 2. The Bertz CT molecular complexity index is 945. The Kier molecular flexibility index (Phi) is 6.45. The van der Waals surface area contributed by atoms with Gasteiger partial charge in [0.05, 0.1) is 12.5 Å². The van der Waals surface area contributed by atoms with E-state index in [9.17, 15) is 9.59 Å². The molecule has 0 aliphatic carbocycles. The van der Waals surface area contributed by atoms with E-state index in [1.165, 1.54) is 4.90 Å². The van der Waals surface area contributed by atoms with E-state index in [1.807, 2.05) is 92.7 Å². The first kappa shape index (κ1) is 20.3. The lowest BCUT2D eigenvalue weighted by atomic mass is 9.90. The van der Waals surface area contributed by atoms with Gasteiger partial charge in [-0.3, -0.25) is 9.59 Å². The standard InChI is InChI=1S/C25H26N2O2/c1-18-11-10-16-22(19(18)2)26-23(28)17-27(3)25(29)24(20-12-6-4-7-13-20)21-14-8-5-9-15-21/h4-16,24H,17H2,1-3H3,(H,26,28). The minimum Gasteiger partial charge on any atom is -0.336 e. The van der Waals surface area contributed by atoms with Gasteiger partial charge in [-0.05, 0) is 42.2 Å². The number of nitrogens with zero attached hydrogens (tertiary/aromatic N) is 1. The van der Waals surface area contributed by atoms with E-state index >= 15 is 0 Å². The van der Waals surface area contributed by atoms with Crippen LogP contribution < -0.4 is 5.32 Å². The maximum absolute atomic E-state index is 13.3. The van der Waals surface area contributed by atoms with Crippen molar-refractivity contribution in [2.24, 2.45) is 0 Å². The molecule has 3 aromatic carbocycles. The van der Waals surface area contributed by atoms with Gasteiger partial charge in [-0.2, -0.15) is 0 Å². The average Bonchev–Trinajstić information content (AvgIpc) is 2.73. The number of amides is 2. The molecule has 4 nitrogen and oxygen atoms in total. The van der Waals surface area contributed by atoms with Gasteiger partial charge in [-0.25, -0.2) is 0 Å². The van der Waals surface area contributed by atoms with Crippen LogP contribution in [0.3, 0.4) is 0 Å². The Morgan fingerprint density at radius 1 is 0.828 bits per heavy atom. The molecule has 0 heterocycles. The number of hydrogen-bond donors (Lipinski definition) is 1. The fraction of sp³-hybridized carbons (Fsp3) is 0.200. The molecule has 0 atom stereocenters. The summed E-state index contributed by atoms with van der Waals surface area (Å²) in [6.07, 6.45) is 0. The van der Waals surface area contributed by atoms with E-state index in [2.05, 4.69) is 5.32 Å². The van der Waals surface area contributed by atoms with Gasteiger partial charge in [-0.15, -0.1) is 0 Å². The summed E-state index contributed by atoms with van der Waals surface area (Å²) >= 11 is 0. The summed E-state index contributed by atoms with van der Waals surface area (Å²) in [4.78, 5) is 27.4. The Morgan fingerprint density at radius 3 is 1.93 bits per heavy atom. The van der Waals surface area contributed by atoms with Crippen LogP contribution in [0, 0.1) is 13.8 Å². The molecule has 29 heavy (non-hydrogen) atoms. The Hall–Kier alpha value is -3.40. The van der Waals surface area contributed by atoms with Gasteiger partial charge in [0, 0.05) is 12.7 Å². The number of anilines is 1. The smallest absolute Gasteiger partial charge is 0.243 e. The van der Waals surface area contributed by atoms with Crippen LogP contribution in [-0.4, -0.2) is 30.3 Å². The highest BCUT2D eigenvalue weighted by Crippen LogP contribution is 2.26. The molecule has 1 N–H and O–H groups in total. The number of hydrogen-bond acceptors (Lipinski definition) is 2. The van der Waals surface area contributed by atoms with Gasteiger partial charge in [0.15, 0.2) is 0 Å². The number of carbonyl (C=O) groups is 2. The van der Waals surface area contributed by atoms with Gasteiger partial charge in [0.1, 0.15) is 0 Å². The molecule has 3 aromatic rings. The SMILES string of the molecule is Cc1cccc(NC(=O)CN(C)C(=O)C(c2ccccc2)c2ccccc2)c1C. The van der Waals surface area contributed by atoms with Crippen molar-refractivity contribution in [1.29, 1.82) is 0 Å². The minimum absolute atomic E-state index is 0.0115. The summed E-state index contributed by atoms with van der Waals surface area (Å²) in [6, 6.07) is 25.1. The van der Waals surface area contributed by atoms with Gasteiger partial charge >= 0.3 is 0 Å². The monoisotopic (exact) mass is 386 g/mol.